The van der Waals surface area contributed by atoms with Gasteiger partial charge in [0.2, 0.25) is 0 Å². The van der Waals surface area contributed by atoms with Crippen molar-refractivity contribution in [2.45, 2.75) is 41.8 Å². The lowest BCUT2D eigenvalue weighted by Crippen LogP contribution is -2.36. The Kier molecular flexibility index (Phi) is 2.07. The Morgan fingerprint density at radius 2 is 2.23 bits per heavy atom. The fourth-order valence-electron chi connectivity index (χ4n) is 2.04. The third kappa shape index (κ3) is 1.56. The molecule has 0 aromatic carbocycles. The zero-order chi connectivity index (χ0) is 9.69. The topological polar surface area (TPSA) is 26.3 Å². The molecule has 2 aliphatic heterocycles. The van der Waals surface area contributed by atoms with Crippen molar-refractivity contribution >= 4 is 28.4 Å². The first-order valence-electron chi connectivity index (χ1n) is 4.50. The second-order valence-corrected chi connectivity index (χ2v) is 5.82. The maximum atomic E-state index is 11.5. The first-order chi connectivity index (χ1) is 5.94. The first-order valence-corrected chi connectivity index (χ1v) is 5.74. The molecule has 0 aromatic heterocycles. The van der Waals surface area contributed by atoms with Crippen LogP contribution in [0.3, 0.4) is 0 Å². The van der Waals surface area contributed by atoms with E-state index in [4.69, 9.17) is 4.74 Å². The predicted molar refractivity (Wildman–Crippen MR) is 59.1 cm³/mol. The van der Waals surface area contributed by atoms with Crippen molar-refractivity contribution in [3.63, 3.8) is 0 Å². The minimum atomic E-state index is -0.342. The lowest BCUT2D eigenvalue weighted by Gasteiger charge is -2.29. The quantitative estimate of drug-likeness (QED) is 0.389. The number of hydrogen-bond acceptors (Lipinski definition) is 2. The molecule has 0 unspecified atom stereocenters. The molecule has 1 saturated heterocycles. The van der Waals surface area contributed by atoms with Crippen molar-refractivity contribution < 1.29 is 9.53 Å². The summed E-state index contributed by atoms with van der Waals surface area (Å²) in [6, 6.07) is 0. The van der Waals surface area contributed by atoms with Gasteiger partial charge >= 0.3 is 0 Å². The normalized spacial score (nSPS) is 49.5. The Morgan fingerprint density at radius 1 is 1.54 bits per heavy atom. The molecule has 0 N–H and O–H groups in total. The van der Waals surface area contributed by atoms with Gasteiger partial charge in [0.15, 0.2) is 0 Å². The van der Waals surface area contributed by atoms with Crippen LogP contribution in [-0.2, 0) is 9.53 Å². The van der Waals surface area contributed by atoms with Crippen LogP contribution in [0.5, 0.6) is 0 Å². The van der Waals surface area contributed by atoms with Crippen LogP contribution in [0.2, 0.25) is 0 Å². The number of hydrogen-bond donors (Lipinski definition) is 0. The second-order valence-electron chi connectivity index (χ2n) is 4.32. The van der Waals surface area contributed by atoms with E-state index in [-0.39, 0.29) is 15.1 Å². The van der Waals surface area contributed by atoms with Gasteiger partial charge in [-0.05, 0) is 13.8 Å². The average molecular weight is 292 g/mol. The average Bonchev–Trinajstić information content (AvgIpc) is 2.23. The molecule has 3 heteroatoms. The Morgan fingerprint density at radius 3 is 2.92 bits per heavy atom. The highest BCUT2D eigenvalue weighted by Crippen LogP contribution is 2.42. The fraction of sp³-hybridized carbons (Fsp3) is 0.700. The molecule has 2 nitrogen and oxygen atoms in total. The van der Waals surface area contributed by atoms with Gasteiger partial charge in [-0.25, -0.2) is 0 Å². The predicted octanol–water partition coefficient (Wildman–Crippen LogP) is 2.26. The molecular weight excluding hydrogens is 279 g/mol. The minimum Gasteiger partial charge on any atom is -0.359 e. The molecule has 13 heavy (non-hydrogen) atoms. The van der Waals surface area contributed by atoms with E-state index in [2.05, 4.69) is 35.6 Å². The molecule has 2 bridgehead atoms. The molecular formula is C10H13IO2. The standard InChI is InChI=1S/C10H13IO2/c1-9-3-4-10(2,13-9)8(11)5-7(12)6-9/h3-4,8H,5-6H2,1-2H3/t8-,9+,10-/m0/s1. The van der Waals surface area contributed by atoms with Gasteiger partial charge in [-0.1, -0.05) is 34.7 Å². The summed E-state index contributed by atoms with van der Waals surface area (Å²) >= 11 is 2.31. The molecule has 72 valence electrons. The number of fused-ring (bicyclic) bond motifs is 2. The summed E-state index contributed by atoms with van der Waals surface area (Å²) in [5, 5.41) is 0. The van der Waals surface area contributed by atoms with Gasteiger partial charge in [0, 0.05) is 12.8 Å². The summed E-state index contributed by atoms with van der Waals surface area (Å²) in [4.78, 5) is 11.5. The highest BCUT2D eigenvalue weighted by atomic mass is 127. The van der Waals surface area contributed by atoms with Crippen LogP contribution in [0, 0.1) is 0 Å². The van der Waals surface area contributed by atoms with Gasteiger partial charge in [0.25, 0.3) is 0 Å². The Hall–Kier alpha value is 0.100. The zero-order valence-electron chi connectivity index (χ0n) is 7.84. The van der Waals surface area contributed by atoms with Gasteiger partial charge in [0.1, 0.15) is 5.78 Å². The van der Waals surface area contributed by atoms with E-state index in [1.54, 1.807) is 0 Å². The molecule has 1 fully saturated rings. The van der Waals surface area contributed by atoms with Crippen LogP contribution in [0.4, 0.5) is 0 Å². The van der Waals surface area contributed by atoms with Gasteiger partial charge in [-0.15, -0.1) is 0 Å². The molecule has 0 aliphatic carbocycles. The second kappa shape index (κ2) is 2.79. The smallest absolute Gasteiger partial charge is 0.137 e. The highest BCUT2D eigenvalue weighted by Gasteiger charge is 2.47. The summed E-state index contributed by atoms with van der Waals surface area (Å²) in [7, 11) is 0. The third-order valence-corrected chi connectivity index (χ3v) is 4.47. The SMILES string of the molecule is C[C@]12C=C[C@](C)(O1)[C@@H](I)CC(=O)C2. The largest absolute Gasteiger partial charge is 0.359 e. The summed E-state index contributed by atoms with van der Waals surface area (Å²) in [6.07, 6.45) is 5.31. The van der Waals surface area contributed by atoms with Crippen LogP contribution in [-0.4, -0.2) is 20.9 Å². The molecule has 0 amide bonds. The molecule has 2 heterocycles. The van der Waals surface area contributed by atoms with Gasteiger partial charge in [-0.3, -0.25) is 4.79 Å². The van der Waals surface area contributed by atoms with Crippen molar-refractivity contribution in [1.82, 2.24) is 0 Å². The van der Waals surface area contributed by atoms with Crippen LogP contribution < -0.4 is 0 Å². The number of rotatable bonds is 0. The number of ether oxygens (including phenoxy) is 1. The van der Waals surface area contributed by atoms with Gasteiger partial charge in [-0.2, -0.15) is 0 Å². The lowest BCUT2D eigenvalue weighted by molar-refractivity contribution is -0.121. The molecule has 0 saturated carbocycles. The molecule has 2 aliphatic rings. The first kappa shape index (κ1) is 9.65. The van der Waals surface area contributed by atoms with Gasteiger partial charge in [0.05, 0.1) is 15.1 Å². The third-order valence-electron chi connectivity index (χ3n) is 2.80. The summed E-state index contributed by atoms with van der Waals surface area (Å²) in [5.74, 6) is 0.315. The molecule has 0 aromatic rings. The van der Waals surface area contributed by atoms with E-state index in [1.807, 2.05) is 13.0 Å². The van der Waals surface area contributed by atoms with Crippen LogP contribution in [0.25, 0.3) is 0 Å². The van der Waals surface area contributed by atoms with E-state index in [1.165, 1.54) is 0 Å². The minimum absolute atomic E-state index is 0.235. The summed E-state index contributed by atoms with van der Waals surface area (Å²) in [5.41, 5.74) is -0.576. The van der Waals surface area contributed by atoms with E-state index in [0.29, 0.717) is 18.6 Å². The van der Waals surface area contributed by atoms with Crippen molar-refractivity contribution in [2.75, 3.05) is 0 Å². The monoisotopic (exact) mass is 292 g/mol. The lowest BCUT2D eigenvalue weighted by atomic mass is 9.92. The summed E-state index contributed by atoms with van der Waals surface area (Å²) < 4.78 is 6.20. The highest BCUT2D eigenvalue weighted by molar-refractivity contribution is 14.1. The Labute approximate surface area is 91.9 Å². The van der Waals surface area contributed by atoms with E-state index < -0.39 is 0 Å². The van der Waals surface area contributed by atoms with Crippen LogP contribution >= 0.6 is 22.6 Å². The number of Topliss-reactive ketones (excluding diaryl/α,β-unsaturated/α-hetero) is 1. The Bertz CT molecular complexity index is 287. The van der Waals surface area contributed by atoms with Crippen molar-refractivity contribution in [2.24, 2.45) is 0 Å². The van der Waals surface area contributed by atoms with Crippen molar-refractivity contribution in [3.8, 4) is 0 Å². The number of ketones is 1. The fourth-order valence-corrected chi connectivity index (χ4v) is 2.87. The number of halogens is 1. The zero-order valence-corrected chi connectivity index (χ0v) is 10.00. The van der Waals surface area contributed by atoms with Crippen LogP contribution in [0.15, 0.2) is 12.2 Å². The number of carbonyl (C=O) groups is 1. The van der Waals surface area contributed by atoms with E-state index in [9.17, 15) is 4.79 Å². The molecule has 3 atom stereocenters. The number of carbonyl (C=O) groups excluding carboxylic acids is 1. The van der Waals surface area contributed by atoms with Crippen molar-refractivity contribution in [3.05, 3.63) is 12.2 Å². The summed E-state index contributed by atoms with van der Waals surface area (Å²) in [6.45, 7) is 4.05. The molecule has 0 spiro atoms. The Balaban J connectivity index is 2.37. The molecule has 0 radical (unpaired) electrons. The maximum absolute atomic E-state index is 11.5. The van der Waals surface area contributed by atoms with E-state index in [0.717, 1.165) is 0 Å². The van der Waals surface area contributed by atoms with Gasteiger partial charge < -0.3 is 4.74 Å². The molecule has 2 rings (SSSR count). The number of alkyl halides is 1. The van der Waals surface area contributed by atoms with E-state index >= 15 is 0 Å². The van der Waals surface area contributed by atoms with Crippen molar-refractivity contribution in [1.29, 1.82) is 0 Å². The maximum Gasteiger partial charge on any atom is 0.137 e. The van der Waals surface area contributed by atoms with Crippen LogP contribution in [0.1, 0.15) is 26.7 Å².